The molecular weight excluding hydrogens is 347 g/mol. The largest absolute Gasteiger partial charge is 0.478 e. The Morgan fingerprint density at radius 3 is 2.42 bits per heavy atom. The van der Waals surface area contributed by atoms with Gasteiger partial charge in [0.15, 0.2) is 5.65 Å². The van der Waals surface area contributed by atoms with Gasteiger partial charge < -0.3 is 9.67 Å². The van der Waals surface area contributed by atoms with Crippen LogP contribution in [-0.2, 0) is 13.2 Å². The van der Waals surface area contributed by atoms with E-state index in [0.717, 1.165) is 12.1 Å². The van der Waals surface area contributed by atoms with Crippen molar-refractivity contribution in [3.63, 3.8) is 0 Å². The first-order chi connectivity index (χ1) is 12.3. The zero-order valence-corrected chi connectivity index (χ0v) is 13.4. The van der Waals surface area contributed by atoms with Crippen LogP contribution in [-0.4, -0.2) is 25.2 Å². The summed E-state index contributed by atoms with van der Waals surface area (Å²) in [5.41, 5.74) is 1.84. The van der Waals surface area contributed by atoms with E-state index in [9.17, 15) is 23.1 Å². The second-order valence-corrected chi connectivity index (χ2v) is 5.94. The van der Waals surface area contributed by atoms with Gasteiger partial charge in [0, 0.05) is 18.1 Å². The molecule has 4 aromatic rings. The van der Waals surface area contributed by atoms with Crippen molar-refractivity contribution in [2.45, 2.75) is 6.18 Å². The molecule has 1 N–H and O–H groups in total. The zero-order chi connectivity index (χ0) is 18.6. The molecule has 0 unspecified atom stereocenters. The molecule has 0 aliphatic carbocycles. The zero-order valence-electron chi connectivity index (χ0n) is 13.4. The van der Waals surface area contributed by atoms with Crippen LogP contribution in [0.2, 0.25) is 0 Å². The predicted molar refractivity (Wildman–Crippen MR) is 89.5 cm³/mol. The number of imidazole rings is 1. The van der Waals surface area contributed by atoms with Crippen LogP contribution in [0.25, 0.3) is 27.8 Å². The number of hydrogen-bond donors (Lipinski definition) is 1. The van der Waals surface area contributed by atoms with Crippen LogP contribution in [0, 0.1) is 0 Å². The molecule has 4 rings (SSSR count). The molecule has 0 saturated carbocycles. The van der Waals surface area contributed by atoms with E-state index < -0.39 is 17.7 Å². The van der Waals surface area contributed by atoms with Gasteiger partial charge in [-0.3, -0.25) is 4.57 Å². The molecule has 2 heterocycles. The molecule has 0 aliphatic heterocycles. The lowest BCUT2D eigenvalue weighted by Gasteiger charge is -2.10. The van der Waals surface area contributed by atoms with Gasteiger partial charge in [-0.2, -0.15) is 13.2 Å². The van der Waals surface area contributed by atoms with Gasteiger partial charge in [0.25, 0.3) is 0 Å². The number of aromatic nitrogens is 3. The second kappa shape index (κ2) is 5.35. The molecule has 26 heavy (non-hydrogen) atoms. The van der Waals surface area contributed by atoms with Gasteiger partial charge >= 0.3 is 12.1 Å². The molecule has 8 heteroatoms. The summed E-state index contributed by atoms with van der Waals surface area (Å²) in [5, 5.41) is 9.90. The lowest BCUT2D eigenvalue weighted by molar-refractivity contribution is -0.137. The molecular formula is C18H12F3N3O2. The molecule has 0 saturated heterocycles. The van der Waals surface area contributed by atoms with Gasteiger partial charge in [-0.25, -0.2) is 9.78 Å². The van der Waals surface area contributed by atoms with Crippen LogP contribution in [0.4, 0.5) is 13.2 Å². The Morgan fingerprint density at radius 2 is 1.81 bits per heavy atom. The van der Waals surface area contributed by atoms with Crippen molar-refractivity contribution in [3.05, 3.63) is 59.9 Å². The highest BCUT2D eigenvalue weighted by Gasteiger charge is 2.30. The highest BCUT2D eigenvalue weighted by Crippen LogP contribution is 2.34. The fourth-order valence-electron chi connectivity index (χ4n) is 3.12. The van der Waals surface area contributed by atoms with E-state index in [2.05, 4.69) is 4.98 Å². The van der Waals surface area contributed by atoms with Gasteiger partial charge in [0.05, 0.1) is 28.5 Å². The minimum Gasteiger partial charge on any atom is -0.478 e. The van der Waals surface area contributed by atoms with Gasteiger partial charge in [0.2, 0.25) is 0 Å². The van der Waals surface area contributed by atoms with Crippen molar-refractivity contribution in [1.82, 2.24) is 14.1 Å². The fourth-order valence-corrected chi connectivity index (χ4v) is 3.12. The monoisotopic (exact) mass is 359 g/mol. The van der Waals surface area contributed by atoms with Gasteiger partial charge in [0.1, 0.15) is 0 Å². The molecule has 132 valence electrons. The van der Waals surface area contributed by atoms with Crippen molar-refractivity contribution >= 4 is 28.0 Å². The molecule has 0 atom stereocenters. The normalized spacial score (nSPS) is 12.2. The molecule has 0 bridgehead atoms. The van der Waals surface area contributed by atoms with Crippen molar-refractivity contribution in [2.75, 3.05) is 0 Å². The number of aryl methyl sites for hydroxylation is 1. The van der Waals surface area contributed by atoms with Crippen LogP contribution < -0.4 is 0 Å². The molecule has 5 nitrogen and oxygen atoms in total. The number of hydrogen-bond acceptors (Lipinski definition) is 2. The minimum absolute atomic E-state index is 0.130. The Labute approximate surface area is 144 Å². The topological polar surface area (TPSA) is 60.1 Å². The summed E-state index contributed by atoms with van der Waals surface area (Å²) in [4.78, 5) is 15.6. The van der Waals surface area contributed by atoms with Gasteiger partial charge in [-0.05, 0) is 42.5 Å². The number of benzene rings is 2. The first kappa shape index (κ1) is 16.2. The molecule has 2 aromatic heterocycles. The molecule has 0 spiro atoms. The second-order valence-electron chi connectivity index (χ2n) is 5.94. The smallest absolute Gasteiger partial charge is 0.416 e. The van der Waals surface area contributed by atoms with Gasteiger partial charge in [-0.1, -0.05) is 0 Å². The third-order valence-corrected chi connectivity index (χ3v) is 4.32. The van der Waals surface area contributed by atoms with E-state index in [0.29, 0.717) is 27.8 Å². The summed E-state index contributed by atoms with van der Waals surface area (Å²) in [5.74, 6) is -1.05. The number of aromatic carboxylic acids is 1. The maximum atomic E-state index is 12.8. The van der Waals surface area contributed by atoms with Crippen LogP contribution in [0.5, 0.6) is 0 Å². The predicted octanol–water partition coefficient (Wildman–Crippen LogP) is 4.23. The number of carboxylic acid groups (broad SMARTS) is 1. The maximum absolute atomic E-state index is 12.8. The number of fused-ring (bicyclic) bond motifs is 3. The first-order valence-electron chi connectivity index (χ1n) is 7.64. The Balaban J connectivity index is 2.01. The van der Waals surface area contributed by atoms with E-state index in [1.807, 2.05) is 0 Å². The van der Waals surface area contributed by atoms with Gasteiger partial charge in [-0.15, -0.1) is 0 Å². The summed E-state index contributed by atoms with van der Waals surface area (Å²) in [7, 11) is 1.78. The summed E-state index contributed by atoms with van der Waals surface area (Å²) in [6, 6.07) is 9.43. The highest BCUT2D eigenvalue weighted by atomic mass is 19.4. The number of carbonyl (C=O) groups is 1. The van der Waals surface area contributed by atoms with E-state index in [1.54, 1.807) is 34.6 Å². The Morgan fingerprint density at radius 1 is 1.12 bits per heavy atom. The average Bonchev–Trinajstić information content (AvgIpc) is 3.11. The van der Waals surface area contributed by atoms with E-state index in [1.165, 1.54) is 18.2 Å². The van der Waals surface area contributed by atoms with Crippen LogP contribution in [0.3, 0.4) is 0 Å². The SMILES string of the molecule is Cn1cnc2c1c1cc(C(=O)O)ccc1n2-c1ccc(C(F)(F)F)cc1. The van der Waals surface area contributed by atoms with Crippen LogP contribution >= 0.6 is 0 Å². The standard InChI is InChI=1S/C18H12F3N3O2/c1-23-9-22-16-15(23)13-8-10(17(25)26)2-7-14(13)24(16)12-5-3-11(4-6-12)18(19,20)21/h2-9H,1H3,(H,25,26). The number of halogens is 3. The minimum atomic E-state index is -4.41. The van der Waals surface area contributed by atoms with E-state index in [4.69, 9.17) is 0 Å². The summed E-state index contributed by atoms with van der Waals surface area (Å²) in [6.07, 6.45) is -2.83. The summed E-state index contributed by atoms with van der Waals surface area (Å²) < 4.78 is 41.9. The van der Waals surface area contributed by atoms with Crippen molar-refractivity contribution in [3.8, 4) is 5.69 Å². The molecule has 0 aliphatic rings. The van der Waals surface area contributed by atoms with Crippen molar-refractivity contribution in [1.29, 1.82) is 0 Å². The molecule has 2 aromatic carbocycles. The lowest BCUT2D eigenvalue weighted by Crippen LogP contribution is -2.05. The van der Waals surface area contributed by atoms with Crippen LogP contribution in [0.1, 0.15) is 15.9 Å². The van der Waals surface area contributed by atoms with E-state index >= 15 is 0 Å². The van der Waals surface area contributed by atoms with Crippen molar-refractivity contribution in [2.24, 2.45) is 7.05 Å². The Bertz CT molecular complexity index is 1150. The molecule has 0 fully saturated rings. The number of nitrogens with zero attached hydrogens (tertiary/aromatic N) is 3. The van der Waals surface area contributed by atoms with Crippen molar-refractivity contribution < 1.29 is 23.1 Å². The highest BCUT2D eigenvalue weighted by molar-refractivity contribution is 6.08. The summed E-state index contributed by atoms with van der Waals surface area (Å²) >= 11 is 0. The van der Waals surface area contributed by atoms with Crippen LogP contribution in [0.15, 0.2) is 48.8 Å². The average molecular weight is 359 g/mol. The fraction of sp³-hybridized carbons (Fsp3) is 0.111. The van der Waals surface area contributed by atoms with E-state index in [-0.39, 0.29) is 5.56 Å². The summed E-state index contributed by atoms with van der Waals surface area (Å²) in [6.45, 7) is 0. The Kier molecular flexibility index (Phi) is 3.33. The lowest BCUT2D eigenvalue weighted by atomic mass is 10.1. The molecule has 0 radical (unpaired) electrons. The third kappa shape index (κ3) is 2.33. The Hall–Kier alpha value is -3.29. The molecule has 0 amide bonds. The first-order valence-corrected chi connectivity index (χ1v) is 7.64. The number of rotatable bonds is 2. The number of carboxylic acids is 1. The quantitative estimate of drug-likeness (QED) is 0.583. The number of alkyl halides is 3. The maximum Gasteiger partial charge on any atom is 0.416 e. The third-order valence-electron chi connectivity index (χ3n) is 4.32.